The van der Waals surface area contributed by atoms with Crippen LogP contribution in [0.4, 0.5) is 23.9 Å². The van der Waals surface area contributed by atoms with Crippen molar-refractivity contribution in [2.75, 3.05) is 17.7 Å². The van der Waals surface area contributed by atoms with Gasteiger partial charge in [0.25, 0.3) is 5.91 Å². The Bertz CT molecular complexity index is 1320. The second-order valence-electron chi connectivity index (χ2n) is 9.42. The summed E-state index contributed by atoms with van der Waals surface area (Å²) in [5.74, 6) is -1.21. The quantitative estimate of drug-likeness (QED) is 0.376. The van der Waals surface area contributed by atoms with Gasteiger partial charge in [-0.25, -0.2) is 9.78 Å². The maximum absolute atomic E-state index is 13.9. The molecule has 1 aliphatic carbocycles. The number of esters is 1. The van der Waals surface area contributed by atoms with Crippen molar-refractivity contribution in [3.05, 3.63) is 38.2 Å². The molecule has 3 aromatic heterocycles. The van der Waals surface area contributed by atoms with E-state index in [0.29, 0.717) is 17.0 Å². The Balaban J connectivity index is 1.80. The second kappa shape index (κ2) is 9.09. The lowest BCUT2D eigenvalue weighted by atomic mass is 9.90. The number of ether oxygens (including phenoxy) is 1. The van der Waals surface area contributed by atoms with Crippen LogP contribution in [0.2, 0.25) is 0 Å². The summed E-state index contributed by atoms with van der Waals surface area (Å²) in [5, 5.41) is 2.78. The highest BCUT2D eigenvalue weighted by molar-refractivity contribution is 7.21. The van der Waals surface area contributed by atoms with E-state index in [1.807, 2.05) is 0 Å². The highest BCUT2D eigenvalue weighted by atomic mass is 32.1. The molecule has 3 heterocycles. The van der Waals surface area contributed by atoms with E-state index in [1.54, 1.807) is 27.7 Å². The molecule has 6 nitrogen and oxygen atoms in total. The predicted octanol–water partition coefficient (Wildman–Crippen LogP) is 6.56. The Morgan fingerprint density at radius 1 is 1.17 bits per heavy atom. The predicted molar refractivity (Wildman–Crippen MR) is 133 cm³/mol. The molecule has 0 bridgehead atoms. The van der Waals surface area contributed by atoms with Gasteiger partial charge in [-0.15, -0.1) is 22.7 Å². The molecule has 188 valence electrons. The number of aromatic nitrogens is 1. The van der Waals surface area contributed by atoms with E-state index in [2.05, 4.69) is 10.3 Å². The largest absolute Gasteiger partial charge is 0.462 e. The Morgan fingerprint density at radius 2 is 1.86 bits per heavy atom. The third-order valence-electron chi connectivity index (χ3n) is 5.86. The molecule has 0 saturated heterocycles. The van der Waals surface area contributed by atoms with Gasteiger partial charge in [0.05, 0.1) is 23.4 Å². The molecule has 35 heavy (non-hydrogen) atoms. The highest BCUT2D eigenvalue weighted by Gasteiger charge is 2.37. The van der Waals surface area contributed by atoms with Gasteiger partial charge in [-0.05, 0) is 44.2 Å². The molecule has 0 radical (unpaired) electrons. The molecule has 1 amide bonds. The van der Waals surface area contributed by atoms with Crippen LogP contribution >= 0.6 is 22.7 Å². The molecule has 4 rings (SSSR count). The van der Waals surface area contributed by atoms with Crippen molar-refractivity contribution in [2.24, 2.45) is 0 Å². The number of alkyl halides is 3. The molecule has 1 aliphatic rings. The Morgan fingerprint density at radius 3 is 2.49 bits per heavy atom. The molecular weight excluding hydrogens is 499 g/mol. The Labute approximate surface area is 208 Å². The van der Waals surface area contributed by atoms with Gasteiger partial charge in [0, 0.05) is 21.4 Å². The maximum Gasteiger partial charge on any atom is 0.417 e. The number of pyridine rings is 1. The van der Waals surface area contributed by atoms with Gasteiger partial charge in [0.2, 0.25) is 0 Å². The summed E-state index contributed by atoms with van der Waals surface area (Å²) in [4.78, 5) is 31.3. The summed E-state index contributed by atoms with van der Waals surface area (Å²) in [7, 11) is 0. The lowest BCUT2D eigenvalue weighted by Gasteiger charge is -2.20. The molecule has 0 saturated carbocycles. The number of nitrogens with zero attached hydrogens (tertiary/aromatic N) is 1. The van der Waals surface area contributed by atoms with Gasteiger partial charge in [0.1, 0.15) is 14.7 Å². The summed E-state index contributed by atoms with van der Waals surface area (Å²) in [6, 6.07) is 0.999. The normalized spacial score (nSPS) is 14.1. The van der Waals surface area contributed by atoms with E-state index in [0.717, 1.165) is 47.1 Å². The van der Waals surface area contributed by atoms with E-state index in [9.17, 15) is 22.8 Å². The monoisotopic (exact) mass is 525 g/mol. The number of nitrogens with one attached hydrogen (secondary N) is 1. The van der Waals surface area contributed by atoms with Crippen LogP contribution in [0.5, 0.6) is 0 Å². The average molecular weight is 526 g/mol. The number of hydrogen-bond donors (Lipinski definition) is 2. The SMILES string of the molecule is CCOC(=O)c1c(NC(=O)c2sc3nc(C(C)(C)C)cc(C(F)(F)F)c3c2N)sc2c1CCCC2. The Kier molecular flexibility index (Phi) is 6.60. The number of anilines is 2. The molecule has 3 N–H and O–H groups in total. The number of rotatable bonds is 4. The van der Waals surface area contributed by atoms with Crippen LogP contribution in [0.3, 0.4) is 0 Å². The lowest BCUT2D eigenvalue weighted by Crippen LogP contribution is -2.17. The second-order valence-corrected chi connectivity index (χ2v) is 11.5. The number of amides is 1. The number of hydrogen-bond acceptors (Lipinski definition) is 7. The summed E-state index contributed by atoms with van der Waals surface area (Å²) in [5.41, 5.74) is 5.73. The van der Waals surface area contributed by atoms with Crippen LogP contribution in [0.25, 0.3) is 10.2 Å². The van der Waals surface area contributed by atoms with E-state index >= 15 is 0 Å². The fourth-order valence-corrected chi connectivity index (χ4v) is 6.42. The first-order valence-electron chi connectivity index (χ1n) is 11.3. The van der Waals surface area contributed by atoms with Crippen molar-refractivity contribution in [3.63, 3.8) is 0 Å². The number of thiophene rings is 2. The van der Waals surface area contributed by atoms with E-state index in [-0.39, 0.29) is 33.1 Å². The smallest absolute Gasteiger partial charge is 0.417 e. The summed E-state index contributed by atoms with van der Waals surface area (Å²) in [6.45, 7) is 7.18. The van der Waals surface area contributed by atoms with Crippen LogP contribution in [0.15, 0.2) is 6.07 Å². The van der Waals surface area contributed by atoms with Gasteiger partial charge in [-0.2, -0.15) is 13.2 Å². The van der Waals surface area contributed by atoms with Gasteiger partial charge in [-0.1, -0.05) is 20.8 Å². The summed E-state index contributed by atoms with van der Waals surface area (Å²) >= 11 is 2.11. The van der Waals surface area contributed by atoms with Crippen LogP contribution < -0.4 is 11.1 Å². The van der Waals surface area contributed by atoms with Crippen molar-refractivity contribution < 1.29 is 27.5 Å². The topological polar surface area (TPSA) is 94.3 Å². The van der Waals surface area contributed by atoms with E-state index in [1.165, 1.54) is 11.3 Å². The number of fused-ring (bicyclic) bond motifs is 2. The fourth-order valence-electron chi connectivity index (χ4n) is 4.13. The Hall–Kier alpha value is -2.66. The number of halogens is 3. The summed E-state index contributed by atoms with van der Waals surface area (Å²) in [6.07, 6.45) is -1.27. The van der Waals surface area contributed by atoms with Gasteiger partial charge >= 0.3 is 12.1 Å². The van der Waals surface area contributed by atoms with Crippen molar-refractivity contribution in [3.8, 4) is 0 Å². The molecule has 0 fully saturated rings. The molecule has 0 unspecified atom stereocenters. The van der Waals surface area contributed by atoms with E-state index < -0.39 is 29.0 Å². The fraction of sp³-hybridized carbons (Fsp3) is 0.458. The number of carbonyl (C=O) groups is 2. The molecule has 3 aromatic rings. The van der Waals surface area contributed by atoms with Crippen molar-refractivity contribution in [1.29, 1.82) is 0 Å². The van der Waals surface area contributed by atoms with Gasteiger partial charge in [-0.3, -0.25) is 4.79 Å². The van der Waals surface area contributed by atoms with Crippen LogP contribution in [0, 0.1) is 0 Å². The maximum atomic E-state index is 13.9. The highest BCUT2D eigenvalue weighted by Crippen LogP contribution is 2.44. The molecule has 0 aliphatic heterocycles. The zero-order valence-electron chi connectivity index (χ0n) is 19.8. The average Bonchev–Trinajstić information content (AvgIpc) is 3.29. The standard InChI is InChI=1S/C24H26F3N3O3S2/c1-5-33-22(32)15-11-8-6-7-9-13(11)34-20(15)30-19(31)18-17(28)16-12(24(25,26)27)10-14(23(2,3)4)29-21(16)35-18/h10H,5-9,28H2,1-4H3,(H,30,31). The minimum absolute atomic E-state index is 0.0449. The number of carbonyl (C=O) groups excluding carboxylic acids is 2. The van der Waals surface area contributed by atoms with Crippen molar-refractivity contribution in [1.82, 2.24) is 4.98 Å². The first kappa shape index (κ1) is 25.4. The minimum atomic E-state index is -4.67. The number of nitrogen functional groups attached to an aromatic ring is 1. The first-order chi connectivity index (χ1) is 16.3. The van der Waals surface area contributed by atoms with Gasteiger partial charge < -0.3 is 15.8 Å². The molecule has 0 aromatic carbocycles. The van der Waals surface area contributed by atoms with E-state index in [4.69, 9.17) is 10.5 Å². The first-order valence-corrected chi connectivity index (χ1v) is 12.9. The van der Waals surface area contributed by atoms with Crippen LogP contribution in [-0.4, -0.2) is 23.5 Å². The zero-order chi connectivity index (χ0) is 25.7. The van der Waals surface area contributed by atoms with Crippen LogP contribution in [-0.2, 0) is 29.2 Å². The number of nitrogens with two attached hydrogens (primary N) is 1. The zero-order valence-corrected chi connectivity index (χ0v) is 21.4. The molecule has 0 atom stereocenters. The van der Waals surface area contributed by atoms with Gasteiger partial charge in [0.15, 0.2) is 0 Å². The molecule has 0 spiro atoms. The minimum Gasteiger partial charge on any atom is -0.462 e. The lowest BCUT2D eigenvalue weighted by molar-refractivity contribution is -0.136. The summed E-state index contributed by atoms with van der Waals surface area (Å²) < 4.78 is 47.0. The molecule has 11 heteroatoms. The van der Waals surface area contributed by atoms with Crippen molar-refractivity contribution in [2.45, 2.75) is 65.0 Å². The third kappa shape index (κ3) is 4.75. The molecular formula is C24H26F3N3O3S2. The van der Waals surface area contributed by atoms with Crippen molar-refractivity contribution >= 4 is 55.5 Å². The van der Waals surface area contributed by atoms with Crippen LogP contribution in [0.1, 0.15) is 82.3 Å². The third-order valence-corrected chi connectivity index (χ3v) is 8.16. The number of aryl methyl sites for hydroxylation is 1.